The highest BCUT2D eigenvalue weighted by Crippen LogP contribution is 2.25. The summed E-state index contributed by atoms with van der Waals surface area (Å²) in [6.07, 6.45) is 0. The van der Waals surface area contributed by atoms with Gasteiger partial charge in [-0.2, -0.15) is 0 Å². The van der Waals surface area contributed by atoms with Gasteiger partial charge in [-0.05, 0) is 35.9 Å². The molecule has 2 aromatic rings. The van der Waals surface area contributed by atoms with Crippen molar-refractivity contribution >= 4 is 29.3 Å². The van der Waals surface area contributed by atoms with E-state index in [9.17, 15) is 18.8 Å². The third kappa shape index (κ3) is 6.42. The van der Waals surface area contributed by atoms with Gasteiger partial charge < -0.3 is 30.3 Å². The van der Waals surface area contributed by atoms with E-state index < -0.39 is 17.9 Å². The summed E-state index contributed by atoms with van der Waals surface area (Å²) in [5, 5.41) is 7.64. The second kappa shape index (κ2) is 11.1. The number of halogens is 1. The zero-order chi connectivity index (χ0) is 22.9. The molecule has 32 heavy (non-hydrogen) atoms. The first-order valence-electron chi connectivity index (χ1n) is 10.1. The van der Waals surface area contributed by atoms with Crippen molar-refractivity contribution in [1.82, 2.24) is 10.6 Å². The predicted molar refractivity (Wildman–Crippen MR) is 116 cm³/mol. The van der Waals surface area contributed by atoms with Crippen LogP contribution in [-0.4, -0.2) is 57.9 Å². The number of methoxy groups -OCH3 is 1. The number of carbonyl (C=O) groups excluding carboxylic acids is 3. The number of urea groups is 1. The maximum atomic E-state index is 12.9. The average Bonchev–Trinajstić information content (AvgIpc) is 2.82. The van der Waals surface area contributed by atoms with Gasteiger partial charge in [-0.1, -0.05) is 12.1 Å². The van der Waals surface area contributed by atoms with E-state index in [4.69, 9.17) is 9.47 Å². The largest absolute Gasteiger partial charge is 0.465 e. The normalized spacial score (nSPS) is 13.2. The number of hydrogen-bond donors (Lipinski definition) is 3. The molecule has 3 amide bonds. The van der Waals surface area contributed by atoms with Crippen molar-refractivity contribution in [1.29, 1.82) is 0 Å². The summed E-state index contributed by atoms with van der Waals surface area (Å²) in [6, 6.07) is 10.2. The van der Waals surface area contributed by atoms with Crippen LogP contribution in [0.2, 0.25) is 0 Å². The van der Waals surface area contributed by atoms with Crippen LogP contribution >= 0.6 is 0 Å². The number of esters is 1. The molecule has 0 spiro atoms. The van der Waals surface area contributed by atoms with E-state index >= 15 is 0 Å². The Bertz CT molecular complexity index is 961. The lowest BCUT2D eigenvalue weighted by Gasteiger charge is -2.29. The zero-order valence-corrected chi connectivity index (χ0v) is 17.7. The monoisotopic (exact) mass is 444 g/mol. The number of nitrogens with zero attached hydrogens (tertiary/aromatic N) is 1. The molecule has 0 radical (unpaired) electrons. The second-order valence-electron chi connectivity index (χ2n) is 7.03. The SMILES string of the molecule is COC(=O)c1cc(N2CCOCC2)ccc1NC(=O)CNC(=O)NCc1ccc(F)cc1. The van der Waals surface area contributed by atoms with Gasteiger partial charge in [0.05, 0.1) is 38.1 Å². The lowest BCUT2D eigenvalue weighted by Crippen LogP contribution is -2.39. The number of morpholine rings is 1. The molecular weight excluding hydrogens is 419 g/mol. The average molecular weight is 444 g/mol. The van der Waals surface area contributed by atoms with Crippen LogP contribution in [0.5, 0.6) is 0 Å². The molecule has 10 heteroatoms. The molecule has 0 saturated carbocycles. The third-order valence-corrected chi connectivity index (χ3v) is 4.83. The summed E-state index contributed by atoms with van der Waals surface area (Å²) in [5.41, 5.74) is 2.04. The van der Waals surface area contributed by atoms with Crippen LogP contribution in [0.15, 0.2) is 42.5 Å². The van der Waals surface area contributed by atoms with Crippen LogP contribution in [0, 0.1) is 5.82 Å². The number of nitrogens with one attached hydrogen (secondary N) is 3. The van der Waals surface area contributed by atoms with Gasteiger partial charge in [-0.15, -0.1) is 0 Å². The highest BCUT2D eigenvalue weighted by molar-refractivity contribution is 6.03. The lowest BCUT2D eigenvalue weighted by molar-refractivity contribution is -0.115. The third-order valence-electron chi connectivity index (χ3n) is 4.83. The van der Waals surface area contributed by atoms with Crippen LogP contribution in [0.25, 0.3) is 0 Å². The van der Waals surface area contributed by atoms with E-state index in [1.807, 2.05) is 0 Å². The van der Waals surface area contributed by atoms with Crippen molar-refractivity contribution < 1.29 is 28.2 Å². The van der Waals surface area contributed by atoms with Gasteiger partial charge in [0.2, 0.25) is 5.91 Å². The number of hydrogen-bond acceptors (Lipinski definition) is 6. The van der Waals surface area contributed by atoms with Gasteiger partial charge in [0.15, 0.2) is 0 Å². The van der Waals surface area contributed by atoms with Crippen LogP contribution in [0.3, 0.4) is 0 Å². The molecule has 1 heterocycles. The molecule has 0 bridgehead atoms. The Kier molecular flexibility index (Phi) is 7.98. The molecule has 1 fully saturated rings. The minimum Gasteiger partial charge on any atom is -0.465 e. The molecule has 0 aromatic heterocycles. The van der Waals surface area contributed by atoms with Crippen molar-refractivity contribution in [2.24, 2.45) is 0 Å². The van der Waals surface area contributed by atoms with E-state index in [0.717, 1.165) is 5.69 Å². The number of amides is 3. The highest BCUT2D eigenvalue weighted by atomic mass is 19.1. The summed E-state index contributed by atoms with van der Waals surface area (Å²) in [4.78, 5) is 38.5. The van der Waals surface area contributed by atoms with Crippen molar-refractivity contribution in [3.05, 3.63) is 59.4 Å². The molecule has 3 rings (SSSR count). The first kappa shape index (κ1) is 23.0. The van der Waals surface area contributed by atoms with E-state index in [2.05, 4.69) is 20.9 Å². The highest BCUT2D eigenvalue weighted by Gasteiger charge is 2.18. The van der Waals surface area contributed by atoms with E-state index in [-0.39, 0.29) is 30.2 Å². The molecule has 1 saturated heterocycles. The van der Waals surface area contributed by atoms with E-state index in [1.54, 1.807) is 30.3 Å². The molecular formula is C22H25FN4O5. The minimum absolute atomic E-state index is 0.184. The van der Waals surface area contributed by atoms with E-state index in [1.165, 1.54) is 19.2 Å². The zero-order valence-electron chi connectivity index (χ0n) is 17.7. The molecule has 0 aliphatic carbocycles. The first-order chi connectivity index (χ1) is 15.5. The van der Waals surface area contributed by atoms with Crippen LogP contribution in [0.1, 0.15) is 15.9 Å². The summed E-state index contributed by atoms with van der Waals surface area (Å²) < 4.78 is 23.1. The van der Waals surface area contributed by atoms with Crippen molar-refractivity contribution in [3.8, 4) is 0 Å². The van der Waals surface area contributed by atoms with Gasteiger partial charge in [-0.3, -0.25) is 4.79 Å². The molecule has 0 atom stereocenters. The minimum atomic E-state index is -0.583. The Morgan fingerprint density at radius 1 is 1.06 bits per heavy atom. The summed E-state index contributed by atoms with van der Waals surface area (Å²) >= 11 is 0. The van der Waals surface area contributed by atoms with Crippen molar-refractivity contribution in [2.75, 3.05) is 50.2 Å². The molecule has 9 nitrogen and oxygen atoms in total. The number of ether oxygens (including phenoxy) is 2. The van der Waals surface area contributed by atoms with Crippen LogP contribution < -0.4 is 20.9 Å². The fourth-order valence-electron chi connectivity index (χ4n) is 3.14. The van der Waals surface area contributed by atoms with Crippen molar-refractivity contribution in [3.63, 3.8) is 0 Å². The lowest BCUT2D eigenvalue weighted by atomic mass is 10.1. The Hall–Kier alpha value is -3.66. The maximum absolute atomic E-state index is 12.9. The number of rotatable bonds is 7. The maximum Gasteiger partial charge on any atom is 0.340 e. The summed E-state index contributed by atoms with van der Waals surface area (Å²) in [7, 11) is 1.27. The van der Waals surface area contributed by atoms with Gasteiger partial charge in [-0.25, -0.2) is 14.0 Å². The summed E-state index contributed by atoms with van der Waals surface area (Å²) in [6.45, 7) is 2.47. The Morgan fingerprint density at radius 3 is 2.47 bits per heavy atom. The molecule has 2 aromatic carbocycles. The fourth-order valence-corrected chi connectivity index (χ4v) is 3.14. The predicted octanol–water partition coefficient (Wildman–Crippen LogP) is 1.89. The first-order valence-corrected chi connectivity index (χ1v) is 10.1. The molecule has 170 valence electrons. The Morgan fingerprint density at radius 2 is 1.78 bits per heavy atom. The van der Waals surface area contributed by atoms with Gasteiger partial charge >= 0.3 is 12.0 Å². The molecule has 1 aliphatic heterocycles. The van der Waals surface area contributed by atoms with Crippen LogP contribution in [-0.2, 0) is 20.8 Å². The van der Waals surface area contributed by atoms with Crippen LogP contribution in [0.4, 0.5) is 20.6 Å². The van der Waals surface area contributed by atoms with Gasteiger partial charge in [0, 0.05) is 25.3 Å². The van der Waals surface area contributed by atoms with E-state index in [0.29, 0.717) is 31.9 Å². The van der Waals surface area contributed by atoms with Gasteiger partial charge in [0.1, 0.15) is 5.82 Å². The Balaban J connectivity index is 1.55. The van der Waals surface area contributed by atoms with Gasteiger partial charge in [0.25, 0.3) is 0 Å². The standard InChI is InChI=1S/C22H25FN4O5/c1-31-21(29)18-12-17(27-8-10-32-11-9-27)6-7-19(18)26-20(28)14-25-22(30)24-13-15-2-4-16(23)5-3-15/h2-7,12H,8-11,13-14H2,1H3,(H,26,28)(H2,24,25,30). The summed E-state index contributed by atoms with van der Waals surface area (Å²) in [5.74, 6) is -1.45. The fraction of sp³-hybridized carbons (Fsp3) is 0.318. The molecule has 1 aliphatic rings. The second-order valence-corrected chi connectivity index (χ2v) is 7.03. The quantitative estimate of drug-likeness (QED) is 0.563. The number of carbonyl (C=O) groups is 3. The number of anilines is 2. The smallest absolute Gasteiger partial charge is 0.340 e. The molecule has 0 unspecified atom stereocenters. The number of benzene rings is 2. The molecule has 3 N–H and O–H groups in total. The topological polar surface area (TPSA) is 109 Å². The van der Waals surface area contributed by atoms with Crippen molar-refractivity contribution in [2.45, 2.75) is 6.54 Å². The Labute approximate surface area is 184 Å².